The van der Waals surface area contributed by atoms with Crippen molar-refractivity contribution >= 4 is 34.2 Å². The third kappa shape index (κ3) is 2.30. The van der Waals surface area contributed by atoms with Crippen LogP contribution in [0.15, 0.2) is 6.07 Å². The van der Waals surface area contributed by atoms with Crippen molar-refractivity contribution in [3.8, 4) is 6.07 Å². The maximum absolute atomic E-state index is 12.5. The van der Waals surface area contributed by atoms with Gasteiger partial charge in [0.05, 0.1) is 15.1 Å². The number of hydrogen-bond acceptors (Lipinski definition) is 2. The van der Waals surface area contributed by atoms with Crippen LogP contribution in [0.2, 0.25) is 0 Å². The molecule has 0 fully saturated rings. The predicted octanol–water partition coefficient (Wildman–Crippen LogP) is 3.23. The molecule has 0 atom stereocenters. The average molecular weight is 328 g/mol. The molecule has 0 radical (unpaired) electrons. The normalized spacial score (nSPS) is 10.3. The molecule has 0 N–H and O–H groups in total. The van der Waals surface area contributed by atoms with Gasteiger partial charge in [-0.1, -0.05) is 0 Å². The monoisotopic (exact) mass is 328 g/mol. The van der Waals surface area contributed by atoms with Crippen LogP contribution in [0.4, 0.5) is 8.78 Å². The van der Waals surface area contributed by atoms with E-state index in [0.29, 0.717) is 5.69 Å². The van der Waals surface area contributed by atoms with Crippen LogP contribution >= 0.6 is 34.2 Å². The van der Waals surface area contributed by atoms with Gasteiger partial charge in [0, 0.05) is 5.56 Å². The number of hydrogen-bond donors (Lipinski definition) is 0. The molecule has 0 aromatic carbocycles. The van der Waals surface area contributed by atoms with E-state index >= 15 is 0 Å². The molecule has 0 saturated carbocycles. The van der Waals surface area contributed by atoms with Crippen molar-refractivity contribution in [1.29, 1.82) is 5.26 Å². The summed E-state index contributed by atoms with van der Waals surface area (Å²) in [4.78, 5) is 3.82. The molecule has 6 heteroatoms. The first kappa shape index (κ1) is 11.6. The van der Waals surface area contributed by atoms with Crippen LogP contribution in [-0.2, 0) is 5.88 Å². The zero-order valence-electron chi connectivity index (χ0n) is 6.77. The Labute approximate surface area is 98.0 Å². The highest BCUT2D eigenvalue weighted by Gasteiger charge is 2.16. The lowest BCUT2D eigenvalue weighted by molar-refractivity contribution is 0.150. The van der Waals surface area contributed by atoms with Crippen LogP contribution in [0.1, 0.15) is 23.4 Å². The molecule has 1 aromatic heterocycles. The number of aromatic nitrogens is 1. The molecule has 14 heavy (non-hydrogen) atoms. The molecule has 0 saturated heterocycles. The smallest absolute Gasteiger partial charge is 0.240 e. The number of nitriles is 1. The first-order valence-corrected chi connectivity index (χ1v) is 5.15. The summed E-state index contributed by atoms with van der Waals surface area (Å²) in [6.45, 7) is 0. The largest absolute Gasteiger partial charge is 0.265 e. The lowest BCUT2D eigenvalue weighted by atomic mass is 10.2. The quantitative estimate of drug-likeness (QED) is 0.617. The Kier molecular flexibility index (Phi) is 4.01. The molecule has 1 heterocycles. The number of halogens is 4. The molecule has 0 aliphatic heterocycles. The molecule has 1 aromatic rings. The van der Waals surface area contributed by atoms with Crippen LogP contribution in [0.25, 0.3) is 0 Å². The zero-order chi connectivity index (χ0) is 10.7. The first-order valence-electron chi connectivity index (χ1n) is 3.53. The third-order valence-electron chi connectivity index (χ3n) is 1.52. The van der Waals surface area contributed by atoms with Crippen molar-refractivity contribution in [1.82, 2.24) is 4.98 Å². The molecule has 0 amide bonds. The maximum Gasteiger partial charge on any atom is 0.265 e. The molecule has 74 valence electrons. The van der Waals surface area contributed by atoms with Gasteiger partial charge >= 0.3 is 0 Å². The summed E-state index contributed by atoms with van der Waals surface area (Å²) in [6, 6.07) is 2.98. The average Bonchev–Trinajstić information content (AvgIpc) is 2.17. The lowest BCUT2D eigenvalue weighted by Gasteiger charge is -2.06. The summed E-state index contributed by atoms with van der Waals surface area (Å²) < 4.78 is 25.1. The summed E-state index contributed by atoms with van der Waals surface area (Å²) in [5.41, 5.74) is 0.103. The summed E-state index contributed by atoms with van der Waals surface area (Å²) in [5.74, 6) is 0.0192. The predicted molar refractivity (Wildman–Crippen MR) is 56.2 cm³/mol. The number of pyridine rings is 1. The Hall–Kier alpha value is -0.480. The summed E-state index contributed by atoms with van der Waals surface area (Å²) >= 11 is 7.15. The topological polar surface area (TPSA) is 36.7 Å². The second kappa shape index (κ2) is 4.84. The summed E-state index contributed by atoms with van der Waals surface area (Å²) in [6.07, 6.45) is -2.61. The van der Waals surface area contributed by atoms with Gasteiger partial charge in [-0.2, -0.15) is 5.26 Å². The van der Waals surface area contributed by atoms with Gasteiger partial charge in [0.15, 0.2) is 5.69 Å². The molecule has 0 spiro atoms. The minimum atomic E-state index is -2.61. The highest BCUT2D eigenvalue weighted by atomic mass is 127. The van der Waals surface area contributed by atoms with E-state index in [9.17, 15) is 8.78 Å². The summed E-state index contributed by atoms with van der Waals surface area (Å²) in [5, 5.41) is 8.64. The minimum absolute atomic E-state index is 0.000880. The molecule has 0 aliphatic rings. The van der Waals surface area contributed by atoms with Gasteiger partial charge in [-0.3, -0.25) is 0 Å². The molecule has 1 rings (SSSR count). The van der Waals surface area contributed by atoms with Crippen molar-refractivity contribution in [2.75, 3.05) is 0 Å². The van der Waals surface area contributed by atoms with E-state index < -0.39 is 6.43 Å². The second-order valence-corrected chi connectivity index (χ2v) is 3.76. The standard InChI is InChI=1S/C8H4ClF2IN2/c9-2-4-1-5(8(10)11)7(12)6(3-13)14-4/h1,8H,2H2. The van der Waals surface area contributed by atoms with Crippen molar-refractivity contribution in [2.45, 2.75) is 12.3 Å². The van der Waals surface area contributed by atoms with E-state index in [1.165, 1.54) is 6.07 Å². The van der Waals surface area contributed by atoms with Crippen LogP contribution in [0, 0.1) is 14.9 Å². The zero-order valence-corrected chi connectivity index (χ0v) is 9.68. The maximum atomic E-state index is 12.5. The van der Waals surface area contributed by atoms with Gasteiger partial charge < -0.3 is 0 Å². The summed E-state index contributed by atoms with van der Waals surface area (Å²) in [7, 11) is 0. The van der Waals surface area contributed by atoms with Gasteiger partial charge in [-0.05, 0) is 28.7 Å². The van der Waals surface area contributed by atoms with E-state index in [-0.39, 0.29) is 20.7 Å². The second-order valence-electron chi connectivity index (χ2n) is 2.41. The van der Waals surface area contributed by atoms with Crippen LogP contribution in [-0.4, -0.2) is 4.98 Å². The Balaban J connectivity index is 3.36. The Bertz CT molecular complexity index is 390. The Morgan fingerprint density at radius 1 is 1.64 bits per heavy atom. The van der Waals surface area contributed by atoms with Crippen molar-refractivity contribution in [2.24, 2.45) is 0 Å². The Morgan fingerprint density at radius 3 is 2.71 bits per heavy atom. The van der Waals surface area contributed by atoms with Crippen molar-refractivity contribution < 1.29 is 8.78 Å². The van der Waals surface area contributed by atoms with E-state index in [4.69, 9.17) is 16.9 Å². The number of alkyl halides is 3. The molecule has 0 bridgehead atoms. The molecular formula is C8H4ClF2IN2. The van der Waals surface area contributed by atoms with Crippen LogP contribution < -0.4 is 0 Å². The van der Waals surface area contributed by atoms with E-state index in [2.05, 4.69) is 4.98 Å². The van der Waals surface area contributed by atoms with Gasteiger partial charge in [0.1, 0.15) is 6.07 Å². The van der Waals surface area contributed by atoms with Gasteiger partial charge in [0.25, 0.3) is 6.43 Å². The fourth-order valence-electron chi connectivity index (χ4n) is 0.906. The highest BCUT2D eigenvalue weighted by Crippen LogP contribution is 2.27. The highest BCUT2D eigenvalue weighted by molar-refractivity contribution is 14.1. The first-order chi connectivity index (χ1) is 6.60. The SMILES string of the molecule is N#Cc1nc(CCl)cc(C(F)F)c1I. The molecule has 0 aliphatic carbocycles. The molecular weight excluding hydrogens is 324 g/mol. The van der Waals surface area contributed by atoms with Gasteiger partial charge in [-0.25, -0.2) is 13.8 Å². The number of rotatable bonds is 2. The fraction of sp³-hybridized carbons (Fsp3) is 0.250. The van der Waals surface area contributed by atoms with E-state index in [1.807, 2.05) is 0 Å². The number of nitrogens with zero attached hydrogens (tertiary/aromatic N) is 2. The lowest BCUT2D eigenvalue weighted by Crippen LogP contribution is -2.00. The van der Waals surface area contributed by atoms with Gasteiger partial charge in [-0.15, -0.1) is 11.6 Å². The van der Waals surface area contributed by atoms with Crippen molar-refractivity contribution in [3.63, 3.8) is 0 Å². The Morgan fingerprint density at radius 2 is 2.29 bits per heavy atom. The van der Waals surface area contributed by atoms with E-state index in [1.54, 1.807) is 28.7 Å². The fourth-order valence-corrected chi connectivity index (χ4v) is 1.68. The van der Waals surface area contributed by atoms with Crippen LogP contribution in [0.3, 0.4) is 0 Å². The molecule has 0 unspecified atom stereocenters. The minimum Gasteiger partial charge on any atom is -0.240 e. The van der Waals surface area contributed by atoms with Crippen molar-refractivity contribution in [3.05, 3.63) is 26.6 Å². The van der Waals surface area contributed by atoms with Crippen LogP contribution in [0.5, 0.6) is 0 Å². The molecule has 2 nitrogen and oxygen atoms in total. The third-order valence-corrected chi connectivity index (χ3v) is 2.92. The van der Waals surface area contributed by atoms with E-state index in [0.717, 1.165) is 0 Å². The van der Waals surface area contributed by atoms with Gasteiger partial charge in [0.2, 0.25) is 0 Å².